The van der Waals surface area contributed by atoms with E-state index in [1.807, 2.05) is 0 Å². The molecule has 0 aliphatic heterocycles. The van der Waals surface area contributed by atoms with Gasteiger partial charge in [0.15, 0.2) is 0 Å². The molecule has 1 atom stereocenters. The lowest BCUT2D eigenvalue weighted by atomic mass is 10.1. The Morgan fingerprint density at radius 3 is 2.64 bits per heavy atom. The normalized spacial score (nSPS) is 13.1. The van der Waals surface area contributed by atoms with Crippen LogP contribution in [0.15, 0.2) is 18.2 Å². The van der Waals surface area contributed by atoms with Gasteiger partial charge in [-0.3, -0.25) is 0 Å². The lowest BCUT2D eigenvalue weighted by Crippen LogP contribution is -2.02. The highest BCUT2D eigenvalue weighted by Gasteiger charge is 2.02. The highest BCUT2D eigenvalue weighted by Crippen LogP contribution is 2.16. The predicted octanol–water partition coefficient (Wildman–Crippen LogP) is 2.02. The van der Waals surface area contributed by atoms with E-state index in [9.17, 15) is 4.39 Å². The fourth-order valence-corrected chi connectivity index (χ4v) is 1.01. The molecular formula is C8H10FNS. The van der Waals surface area contributed by atoms with E-state index in [1.165, 1.54) is 6.07 Å². The largest absolute Gasteiger partial charge is 0.316 e. The van der Waals surface area contributed by atoms with E-state index in [-0.39, 0.29) is 11.2 Å². The number of aryl methyl sites for hydroxylation is 1. The number of halogens is 1. The van der Waals surface area contributed by atoms with Crippen molar-refractivity contribution in [3.63, 3.8) is 0 Å². The van der Waals surface area contributed by atoms with Crippen LogP contribution in [0.25, 0.3) is 0 Å². The molecule has 0 aliphatic rings. The second-order valence-electron chi connectivity index (χ2n) is 2.45. The molecule has 1 unspecified atom stereocenters. The van der Waals surface area contributed by atoms with Crippen LogP contribution in [-0.4, -0.2) is 0 Å². The molecule has 3 heteroatoms. The summed E-state index contributed by atoms with van der Waals surface area (Å²) >= 11 is 4.02. The van der Waals surface area contributed by atoms with Crippen LogP contribution in [-0.2, 0) is 0 Å². The van der Waals surface area contributed by atoms with E-state index >= 15 is 0 Å². The summed E-state index contributed by atoms with van der Waals surface area (Å²) in [6.45, 7) is 1.70. The summed E-state index contributed by atoms with van der Waals surface area (Å²) in [5.41, 5.74) is 6.92. The first-order valence-electron chi connectivity index (χ1n) is 3.31. The first kappa shape index (κ1) is 8.56. The molecule has 2 N–H and O–H groups in total. The molecule has 0 heterocycles. The molecule has 0 radical (unpaired) electrons. The average Bonchev–Trinajstić information content (AvgIpc) is 1.94. The minimum atomic E-state index is -0.325. The Balaban J connectivity index is 3.05. The van der Waals surface area contributed by atoms with Gasteiger partial charge >= 0.3 is 0 Å². The number of hydrogen-bond donors (Lipinski definition) is 2. The molecule has 1 rings (SSSR count). The molecular weight excluding hydrogens is 161 g/mol. The molecule has 0 bridgehead atoms. The van der Waals surface area contributed by atoms with Gasteiger partial charge in [0.05, 0.1) is 5.37 Å². The number of benzene rings is 1. The van der Waals surface area contributed by atoms with E-state index < -0.39 is 0 Å². The van der Waals surface area contributed by atoms with Gasteiger partial charge in [-0.05, 0) is 24.1 Å². The second kappa shape index (κ2) is 3.24. The van der Waals surface area contributed by atoms with Crippen LogP contribution in [0.5, 0.6) is 0 Å². The van der Waals surface area contributed by atoms with Crippen LogP contribution >= 0.6 is 12.6 Å². The smallest absolute Gasteiger partial charge is 0.126 e. The Morgan fingerprint density at radius 1 is 1.55 bits per heavy atom. The van der Waals surface area contributed by atoms with Crippen LogP contribution in [0.1, 0.15) is 16.5 Å². The van der Waals surface area contributed by atoms with Crippen LogP contribution in [0.3, 0.4) is 0 Å². The van der Waals surface area contributed by atoms with Crippen molar-refractivity contribution in [2.75, 3.05) is 0 Å². The summed E-state index contributed by atoms with van der Waals surface area (Å²) < 4.78 is 12.7. The van der Waals surface area contributed by atoms with E-state index in [1.54, 1.807) is 19.1 Å². The van der Waals surface area contributed by atoms with Gasteiger partial charge < -0.3 is 5.73 Å². The zero-order valence-electron chi connectivity index (χ0n) is 6.21. The van der Waals surface area contributed by atoms with Crippen molar-refractivity contribution in [1.82, 2.24) is 0 Å². The summed E-state index contributed by atoms with van der Waals surface area (Å²) in [6.07, 6.45) is 0. The molecule has 0 aliphatic carbocycles. The molecule has 11 heavy (non-hydrogen) atoms. The molecule has 0 fully saturated rings. The maximum Gasteiger partial charge on any atom is 0.126 e. The Hall–Kier alpha value is -0.540. The highest BCUT2D eigenvalue weighted by molar-refractivity contribution is 7.80. The highest BCUT2D eigenvalue weighted by atomic mass is 32.1. The third-order valence-electron chi connectivity index (χ3n) is 1.52. The van der Waals surface area contributed by atoms with Gasteiger partial charge in [-0.1, -0.05) is 12.1 Å². The fourth-order valence-electron chi connectivity index (χ4n) is 0.852. The van der Waals surface area contributed by atoms with E-state index in [0.717, 1.165) is 5.56 Å². The van der Waals surface area contributed by atoms with Gasteiger partial charge in [-0.2, -0.15) is 12.6 Å². The number of nitrogens with two attached hydrogens (primary N) is 1. The average molecular weight is 171 g/mol. The van der Waals surface area contributed by atoms with E-state index in [2.05, 4.69) is 12.6 Å². The van der Waals surface area contributed by atoms with Crippen LogP contribution in [0.2, 0.25) is 0 Å². The molecule has 0 amide bonds. The summed E-state index contributed by atoms with van der Waals surface area (Å²) in [5, 5.41) is -0.325. The first-order valence-corrected chi connectivity index (χ1v) is 3.82. The molecule has 1 nitrogen and oxygen atoms in total. The van der Waals surface area contributed by atoms with Crippen LogP contribution in [0, 0.1) is 12.7 Å². The third kappa shape index (κ3) is 1.94. The zero-order chi connectivity index (χ0) is 8.43. The van der Waals surface area contributed by atoms with Gasteiger partial charge in [0.25, 0.3) is 0 Å². The molecule has 0 spiro atoms. The van der Waals surface area contributed by atoms with Crippen molar-refractivity contribution >= 4 is 12.6 Å². The summed E-state index contributed by atoms with van der Waals surface area (Å²) in [4.78, 5) is 0. The minimum absolute atomic E-state index is 0.206. The quantitative estimate of drug-likeness (QED) is 0.490. The Morgan fingerprint density at radius 2 is 2.18 bits per heavy atom. The van der Waals surface area contributed by atoms with E-state index in [4.69, 9.17) is 5.73 Å². The summed E-state index contributed by atoms with van der Waals surface area (Å²) in [5.74, 6) is -0.206. The topological polar surface area (TPSA) is 26.0 Å². The lowest BCUT2D eigenvalue weighted by Gasteiger charge is -2.05. The Kier molecular flexibility index (Phi) is 2.52. The maximum atomic E-state index is 12.7. The Bertz CT molecular complexity index is 260. The van der Waals surface area contributed by atoms with E-state index in [0.29, 0.717) is 5.56 Å². The molecule has 0 saturated carbocycles. The van der Waals surface area contributed by atoms with Gasteiger partial charge in [0.1, 0.15) is 5.82 Å². The third-order valence-corrected chi connectivity index (χ3v) is 1.82. The SMILES string of the molecule is Cc1cc(C(N)S)ccc1F. The monoisotopic (exact) mass is 171 g/mol. The number of thiol groups is 1. The minimum Gasteiger partial charge on any atom is -0.316 e. The van der Waals surface area contributed by atoms with Crippen molar-refractivity contribution in [2.24, 2.45) is 5.73 Å². The van der Waals surface area contributed by atoms with Gasteiger partial charge in [-0.15, -0.1) is 0 Å². The van der Waals surface area contributed by atoms with Crippen LogP contribution < -0.4 is 5.73 Å². The zero-order valence-corrected chi connectivity index (χ0v) is 7.11. The maximum absolute atomic E-state index is 12.7. The predicted molar refractivity (Wildman–Crippen MR) is 47.1 cm³/mol. The molecule has 0 aromatic heterocycles. The molecule has 1 aromatic rings. The van der Waals surface area contributed by atoms with Crippen LogP contribution in [0.4, 0.5) is 4.39 Å². The van der Waals surface area contributed by atoms with Gasteiger partial charge in [0, 0.05) is 0 Å². The van der Waals surface area contributed by atoms with Crippen molar-refractivity contribution < 1.29 is 4.39 Å². The molecule has 0 saturated heterocycles. The molecule has 60 valence electrons. The van der Waals surface area contributed by atoms with Crippen molar-refractivity contribution in [3.8, 4) is 0 Å². The fraction of sp³-hybridized carbons (Fsp3) is 0.250. The van der Waals surface area contributed by atoms with Crippen molar-refractivity contribution in [1.29, 1.82) is 0 Å². The van der Waals surface area contributed by atoms with Gasteiger partial charge in [0.2, 0.25) is 0 Å². The van der Waals surface area contributed by atoms with Crippen molar-refractivity contribution in [2.45, 2.75) is 12.3 Å². The molecule has 1 aromatic carbocycles. The number of rotatable bonds is 1. The summed E-state index contributed by atoms with van der Waals surface area (Å²) in [7, 11) is 0. The lowest BCUT2D eigenvalue weighted by molar-refractivity contribution is 0.617. The number of hydrogen-bond acceptors (Lipinski definition) is 2. The standard InChI is InChI=1S/C8H10FNS/c1-5-4-6(8(10)11)2-3-7(5)9/h2-4,8,11H,10H2,1H3. The second-order valence-corrected chi connectivity index (χ2v) is 3.01. The first-order chi connectivity index (χ1) is 5.11. The van der Waals surface area contributed by atoms with Crippen molar-refractivity contribution in [3.05, 3.63) is 35.1 Å². The van der Waals surface area contributed by atoms with Gasteiger partial charge in [-0.25, -0.2) is 4.39 Å². The Labute approximate surface area is 70.8 Å². The summed E-state index contributed by atoms with van der Waals surface area (Å²) in [6, 6.07) is 4.74.